The smallest absolute Gasteiger partial charge is 0.343 e. The van der Waals surface area contributed by atoms with Gasteiger partial charge in [0.05, 0.1) is 23.8 Å². The Hall–Kier alpha value is -4.18. The number of esters is 2. The SMILES string of the molecule is CCCCCCCCCCCCOc1ccc(C(=O)Oc2ccc(C#Cc3ccc(C(=O)O[C@H](C)CCCCCC)cc3)cc2F)cc1F. The maximum Gasteiger partial charge on any atom is 0.343 e. The van der Waals surface area contributed by atoms with E-state index < -0.39 is 17.6 Å². The molecule has 0 saturated carbocycles. The Bertz CT molecular complexity index is 1510. The van der Waals surface area contributed by atoms with Crippen LogP contribution in [0, 0.1) is 23.5 Å². The van der Waals surface area contributed by atoms with Gasteiger partial charge in [0.15, 0.2) is 23.1 Å². The van der Waals surface area contributed by atoms with Gasteiger partial charge in [-0.05, 0) is 86.8 Å². The Labute approximate surface area is 291 Å². The third-order valence-electron chi connectivity index (χ3n) is 8.30. The second kappa shape index (κ2) is 22.5. The molecule has 0 aliphatic heterocycles. The van der Waals surface area contributed by atoms with Gasteiger partial charge in [0.1, 0.15) is 0 Å². The predicted octanol–water partition coefficient (Wildman–Crippen LogP) is 11.4. The first kappa shape index (κ1) is 39.3. The summed E-state index contributed by atoms with van der Waals surface area (Å²) in [5, 5.41) is 0. The topological polar surface area (TPSA) is 61.8 Å². The summed E-state index contributed by atoms with van der Waals surface area (Å²) >= 11 is 0. The van der Waals surface area contributed by atoms with Crippen LogP contribution in [0.5, 0.6) is 11.5 Å². The Balaban J connectivity index is 1.43. The van der Waals surface area contributed by atoms with Crippen molar-refractivity contribution in [1.29, 1.82) is 0 Å². The Morgan fingerprint density at radius 3 is 1.78 bits per heavy atom. The first-order valence-electron chi connectivity index (χ1n) is 18.1. The van der Waals surface area contributed by atoms with Gasteiger partial charge in [-0.3, -0.25) is 0 Å². The predicted molar refractivity (Wildman–Crippen MR) is 191 cm³/mol. The minimum absolute atomic E-state index is 0.0548. The van der Waals surface area contributed by atoms with Gasteiger partial charge in [0.2, 0.25) is 0 Å². The van der Waals surface area contributed by atoms with E-state index in [9.17, 15) is 18.4 Å². The highest BCUT2D eigenvalue weighted by atomic mass is 19.1. The van der Waals surface area contributed by atoms with Crippen LogP contribution in [0.25, 0.3) is 0 Å². The van der Waals surface area contributed by atoms with Crippen LogP contribution in [-0.4, -0.2) is 24.6 Å². The molecule has 0 fully saturated rings. The molecule has 0 radical (unpaired) electrons. The molecule has 49 heavy (non-hydrogen) atoms. The monoisotopic (exact) mass is 674 g/mol. The van der Waals surface area contributed by atoms with E-state index in [2.05, 4.69) is 25.7 Å². The summed E-state index contributed by atoms with van der Waals surface area (Å²) in [5.41, 5.74) is 1.39. The van der Waals surface area contributed by atoms with Crippen molar-refractivity contribution in [2.24, 2.45) is 0 Å². The molecule has 0 N–H and O–H groups in total. The molecule has 264 valence electrons. The van der Waals surface area contributed by atoms with Crippen molar-refractivity contribution in [3.05, 3.63) is 94.6 Å². The first-order chi connectivity index (χ1) is 23.8. The summed E-state index contributed by atoms with van der Waals surface area (Å²) in [6.45, 7) is 6.69. The maximum absolute atomic E-state index is 14.8. The lowest BCUT2D eigenvalue weighted by molar-refractivity contribution is 0.0319. The van der Waals surface area contributed by atoms with E-state index in [1.165, 1.54) is 75.6 Å². The lowest BCUT2D eigenvalue weighted by atomic mass is 10.1. The van der Waals surface area contributed by atoms with Crippen molar-refractivity contribution in [1.82, 2.24) is 0 Å². The standard InChI is InChI=1S/C42H52F2O5/c1-4-6-8-10-11-12-13-14-15-17-29-47-39-28-26-36(31-38(39)44)42(46)49-40-27-23-34(30-37(40)43)20-19-33-21-24-35(25-22-33)41(45)48-32(3)18-16-9-7-5-2/h21-28,30-32H,4-18,29H2,1-3H3/t32-/m1/s1. The Morgan fingerprint density at radius 1 is 0.612 bits per heavy atom. The molecule has 0 heterocycles. The normalized spacial score (nSPS) is 11.4. The van der Waals surface area contributed by atoms with E-state index >= 15 is 0 Å². The molecule has 0 aliphatic rings. The van der Waals surface area contributed by atoms with E-state index in [-0.39, 0.29) is 29.1 Å². The van der Waals surface area contributed by atoms with Gasteiger partial charge in [0, 0.05) is 11.1 Å². The number of unbranched alkanes of at least 4 members (excludes halogenated alkanes) is 12. The molecule has 3 aromatic carbocycles. The maximum atomic E-state index is 14.8. The number of carbonyl (C=O) groups excluding carboxylic acids is 2. The molecular weight excluding hydrogens is 622 g/mol. The molecule has 0 bridgehead atoms. The molecule has 0 aromatic heterocycles. The van der Waals surface area contributed by atoms with Gasteiger partial charge in [-0.1, -0.05) is 103 Å². The largest absolute Gasteiger partial charge is 0.491 e. The third-order valence-corrected chi connectivity index (χ3v) is 8.30. The second-order valence-corrected chi connectivity index (χ2v) is 12.6. The van der Waals surface area contributed by atoms with Crippen molar-refractivity contribution < 1.29 is 32.6 Å². The van der Waals surface area contributed by atoms with Crippen LogP contribution in [-0.2, 0) is 4.74 Å². The van der Waals surface area contributed by atoms with Crippen LogP contribution in [0.1, 0.15) is 149 Å². The van der Waals surface area contributed by atoms with Crippen LogP contribution < -0.4 is 9.47 Å². The van der Waals surface area contributed by atoms with Gasteiger partial charge in [-0.25, -0.2) is 18.4 Å². The summed E-state index contributed by atoms with van der Waals surface area (Å²) in [5.74, 6) is 2.87. The molecule has 3 aromatic rings. The molecule has 5 nitrogen and oxygen atoms in total. The fourth-order valence-corrected chi connectivity index (χ4v) is 5.34. The van der Waals surface area contributed by atoms with E-state index in [0.717, 1.165) is 57.1 Å². The summed E-state index contributed by atoms with van der Waals surface area (Å²) in [7, 11) is 0. The first-order valence-corrected chi connectivity index (χ1v) is 18.1. The number of ether oxygens (including phenoxy) is 3. The number of hydrogen-bond acceptors (Lipinski definition) is 5. The van der Waals surface area contributed by atoms with Gasteiger partial charge in [0.25, 0.3) is 0 Å². The van der Waals surface area contributed by atoms with E-state index in [1.54, 1.807) is 24.3 Å². The Kier molecular flexibility index (Phi) is 18.0. The lowest BCUT2D eigenvalue weighted by Crippen LogP contribution is -2.15. The van der Waals surface area contributed by atoms with Crippen LogP contribution in [0.4, 0.5) is 8.78 Å². The van der Waals surface area contributed by atoms with Crippen LogP contribution in [0.15, 0.2) is 60.7 Å². The molecule has 0 spiro atoms. The number of hydrogen-bond donors (Lipinski definition) is 0. The van der Waals surface area contributed by atoms with Crippen molar-refractivity contribution in [2.45, 2.75) is 123 Å². The van der Waals surface area contributed by atoms with Crippen molar-refractivity contribution >= 4 is 11.9 Å². The van der Waals surface area contributed by atoms with E-state index in [1.807, 2.05) is 6.92 Å². The molecule has 7 heteroatoms. The fraction of sp³-hybridized carbons (Fsp3) is 0.476. The molecule has 0 aliphatic carbocycles. The molecular formula is C42H52F2O5. The molecule has 1 atom stereocenters. The molecule has 0 unspecified atom stereocenters. The van der Waals surface area contributed by atoms with Gasteiger partial charge < -0.3 is 14.2 Å². The zero-order valence-electron chi connectivity index (χ0n) is 29.5. The van der Waals surface area contributed by atoms with E-state index in [4.69, 9.17) is 14.2 Å². The van der Waals surface area contributed by atoms with Crippen molar-refractivity contribution in [3.8, 4) is 23.3 Å². The average molecular weight is 675 g/mol. The van der Waals surface area contributed by atoms with Crippen LogP contribution in [0.3, 0.4) is 0 Å². The summed E-state index contributed by atoms with van der Waals surface area (Å²) in [4.78, 5) is 25.1. The summed E-state index contributed by atoms with van der Waals surface area (Å²) in [6.07, 6.45) is 17.2. The quantitative estimate of drug-likeness (QED) is 0.0487. The van der Waals surface area contributed by atoms with Gasteiger partial charge in [-0.15, -0.1) is 0 Å². The Morgan fingerprint density at radius 2 is 1.14 bits per heavy atom. The highest BCUT2D eigenvalue weighted by Gasteiger charge is 2.16. The van der Waals surface area contributed by atoms with Crippen LogP contribution >= 0.6 is 0 Å². The molecule has 0 amide bonds. The summed E-state index contributed by atoms with van der Waals surface area (Å²) < 4.78 is 45.8. The highest BCUT2D eigenvalue weighted by Crippen LogP contribution is 2.23. The average Bonchev–Trinajstić information content (AvgIpc) is 3.10. The number of carbonyl (C=O) groups is 2. The van der Waals surface area contributed by atoms with Crippen LogP contribution in [0.2, 0.25) is 0 Å². The molecule has 3 rings (SSSR count). The lowest BCUT2D eigenvalue weighted by Gasteiger charge is -2.13. The minimum Gasteiger partial charge on any atom is -0.491 e. The highest BCUT2D eigenvalue weighted by molar-refractivity contribution is 5.91. The number of benzene rings is 3. The zero-order chi connectivity index (χ0) is 35.3. The number of halogens is 2. The minimum atomic E-state index is -0.887. The van der Waals surface area contributed by atoms with Gasteiger partial charge >= 0.3 is 11.9 Å². The van der Waals surface area contributed by atoms with Crippen molar-refractivity contribution in [3.63, 3.8) is 0 Å². The second-order valence-electron chi connectivity index (χ2n) is 12.6. The fourth-order valence-electron chi connectivity index (χ4n) is 5.34. The third kappa shape index (κ3) is 14.9. The van der Waals surface area contributed by atoms with Gasteiger partial charge in [-0.2, -0.15) is 0 Å². The number of rotatable bonds is 21. The summed E-state index contributed by atoms with van der Waals surface area (Å²) in [6, 6.07) is 14.5. The zero-order valence-corrected chi connectivity index (χ0v) is 29.5. The van der Waals surface area contributed by atoms with E-state index in [0.29, 0.717) is 23.3 Å². The van der Waals surface area contributed by atoms with Crippen molar-refractivity contribution in [2.75, 3.05) is 6.61 Å². The molecule has 0 saturated heterocycles.